The van der Waals surface area contributed by atoms with Crippen molar-refractivity contribution >= 4 is 11.9 Å². The predicted molar refractivity (Wildman–Crippen MR) is 82.0 cm³/mol. The number of likely N-dealkylation sites (N-methyl/N-ethyl adjacent to an activating group) is 1. The minimum Gasteiger partial charge on any atom is -0.494 e. The molecule has 0 atom stereocenters. The Morgan fingerprint density at radius 3 is 2.45 bits per heavy atom. The average molecular weight is 309 g/mol. The fourth-order valence-electron chi connectivity index (χ4n) is 1.87. The molecule has 1 aromatic carbocycles. The van der Waals surface area contributed by atoms with Crippen LogP contribution >= 0.6 is 0 Å². The maximum absolute atomic E-state index is 11.6. The molecular formula is C16H23NO5. The Hall–Kier alpha value is -2.08. The van der Waals surface area contributed by atoms with Gasteiger partial charge in [-0.25, -0.2) is 0 Å². The SMILES string of the molecule is COCCc1ccc(OCCCC(=O)N(C)CC(=O)O)cc1. The van der Waals surface area contributed by atoms with Gasteiger partial charge in [0.15, 0.2) is 0 Å². The topological polar surface area (TPSA) is 76.1 Å². The number of rotatable bonds is 10. The molecule has 1 N–H and O–H groups in total. The van der Waals surface area contributed by atoms with E-state index in [1.807, 2.05) is 24.3 Å². The maximum atomic E-state index is 11.6. The van der Waals surface area contributed by atoms with Crippen LogP contribution < -0.4 is 4.74 Å². The molecule has 22 heavy (non-hydrogen) atoms. The Kier molecular flexibility index (Phi) is 7.99. The number of benzene rings is 1. The van der Waals surface area contributed by atoms with E-state index >= 15 is 0 Å². The second kappa shape index (κ2) is 9.78. The van der Waals surface area contributed by atoms with Crippen LogP contribution in [0.25, 0.3) is 0 Å². The monoisotopic (exact) mass is 309 g/mol. The van der Waals surface area contributed by atoms with Crippen LogP contribution in [0.15, 0.2) is 24.3 Å². The van der Waals surface area contributed by atoms with E-state index in [9.17, 15) is 9.59 Å². The van der Waals surface area contributed by atoms with E-state index in [4.69, 9.17) is 14.6 Å². The number of methoxy groups -OCH3 is 1. The summed E-state index contributed by atoms with van der Waals surface area (Å²) in [4.78, 5) is 23.3. The van der Waals surface area contributed by atoms with Crippen molar-refractivity contribution < 1.29 is 24.2 Å². The number of carbonyl (C=O) groups is 2. The van der Waals surface area contributed by atoms with Gasteiger partial charge in [0.2, 0.25) is 5.91 Å². The Bertz CT molecular complexity index is 472. The van der Waals surface area contributed by atoms with Gasteiger partial charge in [0.05, 0.1) is 13.2 Å². The second-order valence-electron chi connectivity index (χ2n) is 4.98. The highest BCUT2D eigenvalue weighted by atomic mass is 16.5. The van der Waals surface area contributed by atoms with Gasteiger partial charge in [-0.3, -0.25) is 9.59 Å². The fraction of sp³-hybridized carbons (Fsp3) is 0.500. The molecule has 0 aromatic heterocycles. The van der Waals surface area contributed by atoms with Gasteiger partial charge >= 0.3 is 5.97 Å². The molecule has 6 heteroatoms. The van der Waals surface area contributed by atoms with Gasteiger partial charge in [0, 0.05) is 20.6 Å². The van der Waals surface area contributed by atoms with Gasteiger partial charge < -0.3 is 19.5 Å². The number of amides is 1. The lowest BCUT2D eigenvalue weighted by molar-refractivity contribution is -0.143. The second-order valence-corrected chi connectivity index (χ2v) is 4.98. The molecule has 0 heterocycles. The first kappa shape index (κ1) is 18.0. The summed E-state index contributed by atoms with van der Waals surface area (Å²) in [6.07, 6.45) is 1.69. The summed E-state index contributed by atoms with van der Waals surface area (Å²) in [5.74, 6) is -0.450. The number of hydrogen-bond acceptors (Lipinski definition) is 4. The lowest BCUT2D eigenvalue weighted by Crippen LogP contribution is -2.31. The van der Waals surface area contributed by atoms with Gasteiger partial charge in [-0.2, -0.15) is 0 Å². The molecule has 0 aliphatic heterocycles. The van der Waals surface area contributed by atoms with Crippen LogP contribution in [-0.2, 0) is 20.7 Å². The van der Waals surface area contributed by atoms with Crippen molar-refractivity contribution in [2.45, 2.75) is 19.3 Å². The normalized spacial score (nSPS) is 10.3. The quantitative estimate of drug-likeness (QED) is 0.664. The zero-order valence-corrected chi connectivity index (χ0v) is 13.1. The van der Waals surface area contributed by atoms with E-state index in [1.54, 1.807) is 7.11 Å². The molecule has 0 unspecified atom stereocenters. The number of ether oxygens (including phenoxy) is 2. The minimum absolute atomic E-state index is 0.194. The standard InChI is InChI=1S/C16H23NO5/c1-17(12-16(19)20)15(18)4-3-10-22-14-7-5-13(6-8-14)9-11-21-2/h5-8H,3-4,9-12H2,1-2H3,(H,19,20). The van der Waals surface area contributed by atoms with Gasteiger partial charge in [-0.05, 0) is 30.5 Å². The van der Waals surface area contributed by atoms with Crippen LogP contribution in [0.2, 0.25) is 0 Å². The van der Waals surface area contributed by atoms with Crippen molar-refractivity contribution in [2.75, 3.05) is 33.9 Å². The molecule has 122 valence electrons. The first-order valence-electron chi connectivity index (χ1n) is 7.19. The van der Waals surface area contributed by atoms with E-state index < -0.39 is 5.97 Å². The van der Waals surface area contributed by atoms with Crippen LogP contribution in [0.3, 0.4) is 0 Å². The minimum atomic E-state index is -1.01. The largest absolute Gasteiger partial charge is 0.494 e. The van der Waals surface area contributed by atoms with Crippen LogP contribution in [0.4, 0.5) is 0 Å². The molecule has 0 fully saturated rings. The summed E-state index contributed by atoms with van der Waals surface area (Å²) in [5.41, 5.74) is 1.18. The van der Waals surface area contributed by atoms with Crippen LogP contribution in [0.5, 0.6) is 5.75 Å². The summed E-state index contributed by atoms with van der Waals surface area (Å²) in [5, 5.41) is 8.60. The van der Waals surface area contributed by atoms with Crippen molar-refractivity contribution in [3.8, 4) is 5.75 Å². The molecule has 0 aliphatic carbocycles. The molecule has 0 saturated carbocycles. The molecule has 1 amide bonds. The molecule has 0 bridgehead atoms. The number of nitrogens with zero attached hydrogens (tertiary/aromatic N) is 1. The zero-order chi connectivity index (χ0) is 16.4. The van der Waals surface area contributed by atoms with E-state index in [1.165, 1.54) is 17.5 Å². The lowest BCUT2D eigenvalue weighted by Gasteiger charge is -2.14. The van der Waals surface area contributed by atoms with Crippen molar-refractivity contribution in [3.05, 3.63) is 29.8 Å². The first-order chi connectivity index (χ1) is 10.5. The third-order valence-corrected chi connectivity index (χ3v) is 3.12. The molecule has 0 radical (unpaired) electrons. The number of carboxylic acid groups (broad SMARTS) is 1. The Labute approximate surface area is 130 Å². The Morgan fingerprint density at radius 1 is 1.18 bits per heavy atom. The zero-order valence-electron chi connectivity index (χ0n) is 13.1. The third-order valence-electron chi connectivity index (χ3n) is 3.12. The predicted octanol–water partition coefficient (Wildman–Crippen LogP) is 1.58. The van der Waals surface area contributed by atoms with Crippen molar-refractivity contribution in [3.63, 3.8) is 0 Å². The highest BCUT2D eigenvalue weighted by Crippen LogP contribution is 2.13. The van der Waals surface area contributed by atoms with Crippen molar-refractivity contribution in [2.24, 2.45) is 0 Å². The number of carboxylic acids is 1. The van der Waals surface area contributed by atoms with Gasteiger partial charge in [0.25, 0.3) is 0 Å². The van der Waals surface area contributed by atoms with Gasteiger partial charge in [-0.1, -0.05) is 12.1 Å². The number of carbonyl (C=O) groups excluding carboxylic acids is 1. The molecular weight excluding hydrogens is 286 g/mol. The van der Waals surface area contributed by atoms with Crippen LogP contribution in [0.1, 0.15) is 18.4 Å². The summed E-state index contributed by atoms with van der Waals surface area (Å²) in [6, 6.07) is 7.76. The molecule has 0 saturated heterocycles. The molecule has 1 aromatic rings. The van der Waals surface area contributed by atoms with Crippen LogP contribution in [-0.4, -0.2) is 55.8 Å². The maximum Gasteiger partial charge on any atom is 0.323 e. The van der Waals surface area contributed by atoms with Crippen molar-refractivity contribution in [1.29, 1.82) is 0 Å². The highest BCUT2D eigenvalue weighted by molar-refractivity contribution is 5.80. The van der Waals surface area contributed by atoms with Gasteiger partial charge in [-0.15, -0.1) is 0 Å². The number of hydrogen-bond donors (Lipinski definition) is 1. The van der Waals surface area contributed by atoms with Gasteiger partial charge in [0.1, 0.15) is 12.3 Å². The summed E-state index contributed by atoms with van der Waals surface area (Å²) < 4.78 is 10.6. The van der Waals surface area contributed by atoms with E-state index in [2.05, 4.69) is 0 Å². The fourth-order valence-corrected chi connectivity index (χ4v) is 1.87. The lowest BCUT2D eigenvalue weighted by atomic mass is 10.1. The smallest absolute Gasteiger partial charge is 0.323 e. The summed E-state index contributed by atoms with van der Waals surface area (Å²) in [7, 11) is 3.16. The van der Waals surface area contributed by atoms with E-state index in [-0.39, 0.29) is 18.9 Å². The molecule has 6 nitrogen and oxygen atoms in total. The summed E-state index contributed by atoms with van der Waals surface area (Å²) in [6.45, 7) is 0.832. The Morgan fingerprint density at radius 2 is 1.86 bits per heavy atom. The first-order valence-corrected chi connectivity index (χ1v) is 7.19. The molecule has 1 rings (SSSR count). The van der Waals surface area contributed by atoms with E-state index in [0.29, 0.717) is 19.6 Å². The average Bonchev–Trinajstić information content (AvgIpc) is 2.49. The molecule has 0 spiro atoms. The van der Waals surface area contributed by atoms with Crippen molar-refractivity contribution in [1.82, 2.24) is 4.90 Å². The Balaban J connectivity index is 2.24. The molecule has 0 aliphatic rings. The van der Waals surface area contributed by atoms with Crippen LogP contribution in [0, 0.1) is 0 Å². The highest BCUT2D eigenvalue weighted by Gasteiger charge is 2.11. The third kappa shape index (κ3) is 7.08. The summed E-state index contributed by atoms with van der Waals surface area (Å²) >= 11 is 0. The number of aliphatic carboxylic acids is 1. The van der Waals surface area contributed by atoms with E-state index in [0.717, 1.165) is 12.2 Å².